The number of nitrogens with zero attached hydrogens (tertiary/aromatic N) is 1. The van der Waals surface area contributed by atoms with Gasteiger partial charge in [0.15, 0.2) is 0 Å². The summed E-state index contributed by atoms with van der Waals surface area (Å²) < 4.78 is 1.74. The molecule has 0 N–H and O–H groups in total. The Balaban J connectivity index is 0.00000112. The number of carboxylic acid groups (broad SMARTS) is 1. The van der Waals surface area contributed by atoms with Gasteiger partial charge in [-0.3, -0.25) is 0 Å². The van der Waals surface area contributed by atoms with Gasteiger partial charge in [0, 0.05) is 11.2 Å². The van der Waals surface area contributed by atoms with E-state index in [0.717, 1.165) is 16.6 Å². The van der Waals surface area contributed by atoms with E-state index in [-0.39, 0.29) is 36.1 Å². The zero-order valence-corrected chi connectivity index (χ0v) is 10.9. The first-order valence-corrected chi connectivity index (χ1v) is 4.43. The first-order chi connectivity index (χ1) is 6.68. The van der Waals surface area contributed by atoms with E-state index in [0.29, 0.717) is 0 Å². The molecule has 1 aromatic heterocycles. The zero-order chi connectivity index (χ0) is 10.1. The molecule has 0 atom stereocenters. The number of carbonyl (C=O) groups excluding carboxylic acids is 1. The van der Waals surface area contributed by atoms with Crippen molar-refractivity contribution in [1.82, 2.24) is 4.57 Å². The van der Waals surface area contributed by atoms with Gasteiger partial charge in [0.1, 0.15) is 0 Å². The van der Waals surface area contributed by atoms with Gasteiger partial charge in [-0.2, -0.15) is 0 Å². The Kier molecular flexibility index (Phi) is 3.97. The van der Waals surface area contributed by atoms with Crippen molar-refractivity contribution < 1.29 is 39.5 Å². The van der Waals surface area contributed by atoms with Gasteiger partial charge >= 0.3 is 29.6 Å². The maximum Gasteiger partial charge on any atom is 1.00 e. The summed E-state index contributed by atoms with van der Waals surface area (Å²) in [7, 11) is 0. The van der Waals surface area contributed by atoms with Gasteiger partial charge in [-0.1, -0.05) is 18.2 Å². The maximum absolute atomic E-state index is 10.5. The summed E-state index contributed by atoms with van der Waals surface area (Å²) in [6.07, 6.45) is 0. The van der Waals surface area contributed by atoms with Crippen molar-refractivity contribution in [2.24, 2.45) is 0 Å². The Morgan fingerprint density at radius 2 is 2.07 bits per heavy atom. The molecular weight excluding hydrogens is 201 g/mol. The smallest absolute Gasteiger partial charge is 0.548 e. The Hall–Kier alpha value is -0.770. The molecule has 0 unspecified atom stereocenters. The van der Waals surface area contributed by atoms with Crippen LogP contribution in [0.3, 0.4) is 0 Å². The van der Waals surface area contributed by atoms with Crippen LogP contribution in [-0.4, -0.2) is 10.5 Å². The van der Waals surface area contributed by atoms with Crippen LogP contribution < -0.4 is 34.7 Å². The Labute approximate surface area is 110 Å². The third-order valence-corrected chi connectivity index (χ3v) is 2.30. The fraction of sp³-hybridized carbons (Fsp3) is 0.182. The van der Waals surface area contributed by atoms with E-state index in [1.165, 1.54) is 0 Å². The van der Waals surface area contributed by atoms with E-state index >= 15 is 0 Å². The number of aromatic nitrogens is 1. The second-order valence-corrected chi connectivity index (χ2v) is 3.30. The monoisotopic (exact) mass is 211 g/mol. The minimum absolute atomic E-state index is 0. The molecule has 0 spiro atoms. The number of carboxylic acids is 1. The predicted molar refractivity (Wildman–Crippen MR) is 51.7 cm³/mol. The van der Waals surface area contributed by atoms with Crippen LogP contribution in [0.1, 0.15) is 5.69 Å². The summed E-state index contributed by atoms with van der Waals surface area (Å²) in [6.45, 7) is 1.81. The van der Waals surface area contributed by atoms with Crippen molar-refractivity contribution in [1.29, 1.82) is 0 Å². The molecule has 15 heavy (non-hydrogen) atoms. The average Bonchev–Trinajstić information content (AvgIpc) is 2.43. The van der Waals surface area contributed by atoms with E-state index in [4.69, 9.17) is 0 Å². The molecular formula is C11H10NNaO2. The van der Waals surface area contributed by atoms with Crippen LogP contribution in [-0.2, 0) is 11.3 Å². The summed E-state index contributed by atoms with van der Waals surface area (Å²) in [5, 5.41) is 11.6. The third kappa shape index (κ3) is 2.43. The molecule has 0 aliphatic heterocycles. The van der Waals surface area contributed by atoms with Crippen LogP contribution in [0.25, 0.3) is 10.9 Å². The molecule has 0 radical (unpaired) electrons. The minimum Gasteiger partial charge on any atom is -0.548 e. The minimum atomic E-state index is -1.06. The molecule has 1 heterocycles. The molecule has 0 amide bonds. The van der Waals surface area contributed by atoms with E-state index in [1.807, 2.05) is 37.3 Å². The van der Waals surface area contributed by atoms with Gasteiger partial charge in [0.25, 0.3) is 0 Å². The Morgan fingerprint density at radius 1 is 1.40 bits per heavy atom. The standard InChI is InChI=1S/C11H11NO2.Na/c1-8-6-9-4-2-3-5-10(9)12(8)7-11(13)14;/h2-6H,7H2,1H3,(H,13,14);/q;+1/p-1. The van der Waals surface area contributed by atoms with E-state index in [1.54, 1.807) is 4.57 Å². The number of rotatable bonds is 2. The van der Waals surface area contributed by atoms with E-state index in [9.17, 15) is 9.90 Å². The molecule has 0 fully saturated rings. The number of benzene rings is 1. The Morgan fingerprint density at radius 3 is 2.73 bits per heavy atom. The second-order valence-electron chi connectivity index (χ2n) is 3.30. The van der Waals surface area contributed by atoms with Crippen LogP contribution >= 0.6 is 0 Å². The first kappa shape index (κ1) is 12.3. The van der Waals surface area contributed by atoms with Crippen molar-refractivity contribution in [3.63, 3.8) is 0 Å². The number of para-hydroxylation sites is 1. The summed E-state index contributed by atoms with van der Waals surface area (Å²) >= 11 is 0. The molecule has 0 saturated heterocycles. The van der Waals surface area contributed by atoms with Crippen molar-refractivity contribution in [3.05, 3.63) is 36.0 Å². The molecule has 72 valence electrons. The number of hydrogen-bond acceptors (Lipinski definition) is 2. The molecule has 4 heteroatoms. The zero-order valence-electron chi connectivity index (χ0n) is 8.86. The van der Waals surface area contributed by atoms with Gasteiger partial charge in [-0.15, -0.1) is 0 Å². The van der Waals surface area contributed by atoms with E-state index < -0.39 is 5.97 Å². The SMILES string of the molecule is Cc1cc2ccccc2n1CC(=O)[O-].[Na+]. The van der Waals surface area contributed by atoms with Crippen molar-refractivity contribution in [2.75, 3.05) is 0 Å². The van der Waals surface area contributed by atoms with Crippen LogP contribution in [0.5, 0.6) is 0 Å². The molecule has 0 bridgehead atoms. The quantitative estimate of drug-likeness (QED) is 0.525. The van der Waals surface area contributed by atoms with Crippen LogP contribution in [0.4, 0.5) is 0 Å². The fourth-order valence-corrected chi connectivity index (χ4v) is 1.69. The van der Waals surface area contributed by atoms with Crippen molar-refractivity contribution >= 4 is 16.9 Å². The average molecular weight is 211 g/mol. The summed E-state index contributed by atoms with van der Waals surface area (Å²) in [5.74, 6) is -1.06. The molecule has 2 rings (SSSR count). The number of aryl methyl sites for hydroxylation is 1. The van der Waals surface area contributed by atoms with Gasteiger partial charge < -0.3 is 14.5 Å². The Bertz CT molecular complexity index is 490. The second kappa shape index (κ2) is 4.84. The summed E-state index contributed by atoms with van der Waals surface area (Å²) in [6, 6.07) is 9.68. The fourth-order valence-electron chi connectivity index (χ4n) is 1.69. The molecule has 0 aliphatic carbocycles. The van der Waals surface area contributed by atoms with Crippen LogP contribution in [0, 0.1) is 6.92 Å². The van der Waals surface area contributed by atoms with Crippen molar-refractivity contribution in [3.8, 4) is 0 Å². The third-order valence-electron chi connectivity index (χ3n) is 2.30. The van der Waals surface area contributed by atoms with Gasteiger partial charge in [-0.05, 0) is 24.4 Å². The number of aliphatic carboxylic acids is 1. The van der Waals surface area contributed by atoms with E-state index in [2.05, 4.69) is 0 Å². The van der Waals surface area contributed by atoms with Gasteiger partial charge in [0.05, 0.1) is 12.5 Å². The largest absolute Gasteiger partial charge is 1.00 e. The molecule has 0 saturated carbocycles. The maximum atomic E-state index is 10.5. The number of hydrogen-bond donors (Lipinski definition) is 0. The van der Waals surface area contributed by atoms with Crippen LogP contribution in [0.15, 0.2) is 30.3 Å². The molecule has 3 nitrogen and oxygen atoms in total. The van der Waals surface area contributed by atoms with Gasteiger partial charge in [0.2, 0.25) is 0 Å². The first-order valence-electron chi connectivity index (χ1n) is 4.43. The molecule has 2 aromatic rings. The number of fused-ring (bicyclic) bond motifs is 1. The number of carbonyl (C=O) groups is 1. The van der Waals surface area contributed by atoms with Crippen LogP contribution in [0.2, 0.25) is 0 Å². The van der Waals surface area contributed by atoms with Gasteiger partial charge in [-0.25, -0.2) is 0 Å². The normalized spacial score (nSPS) is 9.93. The predicted octanol–water partition coefficient (Wildman–Crippen LogP) is -2.30. The molecule has 0 aliphatic rings. The molecule has 1 aromatic carbocycles. The summed E-state index contributed by atoms with van der Waals surface area (Å²) in [4.78, 5) is 10.5. The summed E-state index contributed by atoms with van der Waals surface area (Å²) in [5.41, 5.74) is 1.88. The van der Waals surface area contributed by atoms with Crippen molar-refractivity contribution in [2.45, 2.75) is 13.5 Å². The topological polar surface area (TPSA) is 45.1 Å².